The number of thioether (sulfide) groups is 1. The molecule has 2 rings (SSSR count). The van der Waals surface area contributed by atoms with Gasteiger partial charge in [0.25, 0.3) is 0 Å². The van der Waals surface area contributed by atoms with Crippen LogP contribution in [0.4, 0.5) is 5.69 Å². The van der Waals surface area contributed by atoms with Gasteiger partial charge in [-0.05, 0) is 29.5 Å². The van der Waals surface area contributed by atoms with Crippen molar-refractivity contribution in [3.05, 3.63) is 29.8 Å². The predicted molar refractivity (Wildman–Crippen MR) is 82.7 cm³/mol. The summed E-state index contributed by atoms with van der Waals surface area (Å²) in [6.45, 7) is 8.90. The molecular weight excluding hydrogens is 240 g/mol. The van der Waals surface area contributed by atoms with Crippen molar-refractivity contribution in [2.45, 2.75) is 39.7 Å². The molecule has 1 heterocycles. The van der Waals surface area contributed by atoms with Gasteiger partial charge in [0.2, 0.25) is 0 Å². The molecule has 0 aliphatic carbocycles. The summed E-state index contributed by atoms with van der Waals surface area (Å²) in [5.41, 5.74) is 2.51. The summed E-state index contributed by atoms with van der Waals surface area (Å²) >= 11 is 1.83. The molecule has 98 valence electrons. The van der Waals surface area contributed by atoms with E-state index in [0.29, 0.717) is 17.9 Å². The third-order valence-electron chi connectivity index (χ3n) is 3.25. The van der Waals surface area contributed by atoms with E-state index in [2.05, 4.69) is 57.3 Å². The Labute approximate surface area is 114 Å². The van der Waals surface area contributed by atoms with Crippen LogP contribution in [-0.2, 0) is 0 Å². The Bertz CT molecular complexity index is 438. The van der Waals surface area contributed by atoms with E-state index >= 15 is 0 Å². The number of amidine groups is 1. The highest BCUT2D eigenvalue weighted by Crippen LogP contribution is 2.25. The van der Waals surface area contributed by atoms with E-state index in [-0.39, 0.29) is 0 Å². The molecule has 0 aromatic heterocycles. The normalized spacial score (nSPS) is 19.4. The molecule has 1 aliphatic heterocycles. The summed E-state index contributed by atoms with van der Waals surface area (Å²) in [7, 11) is 0. The number of nitrogens with one attached hydrogen (secondary N) is 1. The third-order valence-corrected chi connectivity index (χ3v) is 4.24. The molecule has 1 N–H and O–H groups in total. The van der Waals surface area contributed by atoms with Crippen LogP contribution in [0.15, 0.2) is 29.3 Å². The van der Waals surface area contributed by atoms with Gasteiger partial charge in [-0.25, -0.2) is 0 Å². The Kier molecular flexibility index (Phi) is 4.33. The van der Waals surface area contributed by atoms with Crippen molar-refractivity contribution < 1.29 is 0 Å². The van der Waals surface area contributed by atoms with E-state index < -0.39 is 0 Å². The monoisotopic (exact) mass is 262 g/mol. The molecular formula is C15H22N2S. The second kappa shape index (κ2) is 5.79. The molecule has 0 saturated carbocycles. The standard InChI is InChI=1S/C15H22N2S/c1-10(2)12-6-5-7-13(8-12)16-15-17-14(9-18-15)11(3)4/h5-8,10-11,14H,9H2,1-4H3,(H,16,17). The zero-order chi connectivity index (χ0) is 13.1. The number of hydrogen-bond acceptors (Lipinski definition) is 3. The van der Waals surface area contributed by atoms with E-state index in [0.717, 1.165) is 16.6 Å². The number of hydrogen-bond donors (Lipinski definition) is 1. The van der Waals surface area contributed by atoms with Crippen molar-refractivity contribution in [1.29, 1.82) is 0 Å². The van der Waals surface area contributed by atoms with Crippen molar-refractivity contribution >= 4 is 22.6 Å². The number of nitrogens with zero attached hydrogens (tertiary/aromatic N) is 1. The lowest BCUT2D eigenvalue weighted by molar-refractivity contribution is 0.543. The zero-order valence-electron chi connectivity index (χ0n) is 11.6. The van der Waals surface area contributed by atoms with Gasteiger partial charge in [-0.1, -0.05) is 51.6 Å². The van der Waals surface area contributed by atoms with E-state index in [4.69, 9.17) is 4.99 Å². The fourth-order valence-corrected chi connectivity index (χ4v) is 3.09. The maximum atomic E-state index is 4.73. The first kappa shape index (κ1) is 13.5. The Morgan fingerprint density at radius 2 is 2.06 bits per heavy atom. The first-order chi connectivity index (χ1) is 8.56. The molecule has 1 atom stereocenters. The number of benzene rings is 1. The van der Waals surface area contributed by atoms with E-state index in [1.807, 2.05) is 11.8 Å². The van der Waals surface area contributed by atoms with Crippen LogP contribution in [0.3, 0.4) is 0 Å². The van der Waals surface area contributed by atoms with Crippen LogP contribution >= 0.6 is 11.8 Å². The Morgan fingerprint density at radius 1 is 1.28 bits per heavy atom. The largest absolute Gasteiger partial charge is 0.335 e. The van der Waals surface area contributed by atoms with Crippen molar-refractivity contribution in [3.8, 4) is 0 Å². The van der Waals surface area contributed by atoms with Crippen LogP contribution in [0.25, 0.3) is 0 Å². The molecule has 0 fully saturated rings. The number of anilines is 1. The highest BCUT2D eigenvalue weighted by Gasteiger charge is 2.21. The maximum Gasteiger partial charge on any atom is 0.161 e. The van der Waals surface area contributed by atoms with Crippen molar-refractivity contribution in [2.75, 3.05) is 11.1 Å². The Balaban J connectivity index is 2.06. The molecule has 0 amide bonds. The van der Waals surface area contributed by atoms with Crippen LogP contribution in [0, 0.1) is 5.92 Å². The minimum Gasteiger partial charge on any atom is -0.335 e. The molecule has 2 nitrogen and oxygen atoms in total. The molecule has 18 heavy (non-hydrogen) atoms. The molecule has 3 heteroatoms. The van der Waals surface area contributed by atoms with Crippen molar-refractivity contribution in [1.82, 2.24) is 0 Å². The second-order valence-corrected chi connectivity index (χ2v) is 6.47. The fraction of sp³-hybridized carbons (Fsp3) is 0.533. The quantitative estimate of drug-likeness (QED) is 0.875. The van der Waals surface area contributed by atoms with Gasteiger partial charge in [0.05, 0.1) is 6.04 Å². The van der Waals surface area contributed by atoms with Gasteiger partial charge in [0, 0.05) is 11.4 Å². The van der Waals surface area contributed by atoms with Gasteiger partial charge in [-0.3, -0.25) is 4.99 Å². The molecule has 1 aliphatic rings. The summed E-state index contributed by atoms with van der Waals surface area (Å²) < 4.78 is 0. The molecule has 1 aromatic carbocycles. The molecule has 0 saturated heterocycles. The highest BCUT2D eigenvalue weighted by molar-refractivity contribution is 8.14. The first-order valence-corrected chi connectivity index (χ1v) is 7.62. The van der Waals surface area contributed by atoms with E-state index in [9.17, 15) is 0 Å². The van der Waals surface area contributed by atoms with Crippen molar-refractivity contribution in [3.63, 3.8) is 0 Å². The summed E-state index contributed by atoms with van der Waals surface area (Å²) in [5, 5.41) is 4.50. The average Bonchev–Trinajstić information content (AvgIpc) is 2.78. The van der Waals surface area contributed by atoms with E-state index in [1.54, 1.807) is 0 Å². The minimum atomic E-state index is 0.464. The smallest absolute Gasteiger partial charge is 0.161 e. The Hall–Kier alpha value is -0.960. The maximum absolute atomic E-state index is 4.73. The summed E-state index contributed by atoms with van der Waals surface area (Å²) in [6, 6.07) is 9.08. The Morgan fingerprint density at radius 3 is 2.67 bits per heavy atom. The summed E-state index contributed by atoms with van der Waals surface area (Å²) in [5.74, 6) is 2.29. The highest BCUT2D eigenvalue weighted by atomic mass is 32.2. The number of aliphatic imine (C=N–C) groups is 1. The van der Waals surface area contributed by atoms with Crippen LogP contribution in [0.1, 0.15) is 39.2 Å². The summed E-state index contributed by atoms with van der Waals surface area (Å²) in [6.07, 6.45) is 0. The van der Waals surface area contributed by atoms with Crippen LogP contribution in [-0.4, -0.2) is 17.0 Å². The van der Waals surface area contributed by atoms with Crippen molar-refractivity contribution in [2.24, 2.45) is 10.9 Å². The lowest BCUT2D eigenvalue weighted by atomic mass is 10.0. The molecule has 0 bridgehead atoms. The third kappa shape index (κ3) is 3.29. The fourth-order valence-electron chi connectivity index (χ4n) is 1.90. The molecule has 0 radical (unpaired) electrons. The number of rotatable bonds is 3. The van der Waals surface area contributed by atoms with Crippen LogP contribution < -0.4 is 5.32 Å². The topological polar surface area (TPSA) is 24.4 Å². The van der Waals surface area contributed by atoms with Gasteiger partial charge >= 0.3 is 0 Å². The second-order valence-electron chi connectivity index (χ2n) is 5.46. The van der Waals surface area contributed by atoms with E-state index in [1.165, 1.54) is 5.56 Å². The van der Waals surface area contributed by atoms with Gasteiger partial charge in [0.15, 0.2) is 5.17 Å². The van der Waals surface area contributed by atoms with Gasteiger partial charge in [-0.2, -0.15) is 0 Å². The zero-order valence-corrected chi connectivity index (χ0v) is 12.4. The summed E-state index contributed by atoms with van der Waals surface area (Å²) in [4.78, 5) is 4.73. The van der Waals surface area contributed by atoms with Gasteiger partial charge in [-0.15, -0.1) is 0 Å². The SMILES string of the molecule is CC(C)c1cccc(NC2=NC(C(C)C)CS2)c1. The predicted octanol–water partition coefficient (Wildman–Crippen LogP) is 4.35. The van der Waals surface area contributed by atoms with Gasteiger partial charge < -0.3 is 5.32 Å². The molecule has 1 aromatic rings. The van der Waals surface area contributed by atoms with Crippen LogP contribution in [0.2, 0.25) is 0 Å². The minimum absolute atomic E-state index is 0.464. The van der Waals surface area contributed by atoms with Gasteiger partial charge in [0.1, 0.15) is 0 Å². The lowest BCUT2D eigenvalue weighted by Gasteiger charge is -2.10. The lowest BCUT2D eigenvalue weighted by Crippen LogP contribution is -2.12. The molecule has 0 spiro atoms. The average molecular weight is 262 g/mol. The first-order valence-electron chi connectivity index (χ1n) is 6.64. The van der Waals surface area contributed by atoms with Crippen LogP contribution in [0.5, 0.6) is 0 Å². The molecule has 1 unspecified atom stereocenters.